The third-order valence-electron chi connectivity index (χ3n) is 7.28. The van der Waals surface area contributed by atoms with Crippen molar-refractivity contribution in [2.45, 2.75) is 136 Å². The molecule has 0 aliphatic carbocycles. The van der Waals surface area contributed by atoms with Gasteiger partial charge >= 0.3 is 11.9 Å². The van der Waals surface area contributed by atoms with Gasteiger partial charge in [0.25, 0.3) is 0 Å². The summed E-state index contributed by atoms with van der Waals surface area (Å²) >= 11 is 0. The van der Waals surface area contributed by atoms with Crippen LogP contribution in [0.5, 0.6) is 0 Å². The molecule has 198 valence electrons. The number of allylic oxidation sites excluding steroid dienone is 2. The Bertz CT molecular complexity index is 568. The maximum absolute atomic E-state index is 11.7. The summed E-state index contributed by atoms with van der Waals surface area (Å²) < 4.78 is -0.550. The number of aliphatic carboxylic acids is 3. The summed E-state index contributed by atoms with van der Waals surface area (Å²) in [4.78, 5) is 35.1. The monoisotopic (exact) mass is 483 g/mol. The molecule has 0 heterocycles. The first-order valence-corrected chi connectivity index (χ1v) is 13.3. The molecule has 0 saturated carbocycles. The van der Waals surface area contributed by atoms with E-state index in [2.05, 4.69) is 19.1 Å². The number of hydrogen-bond donors (Lipinski definition) is 2. The van der Waals surface area contributed by atoms with Crippen LogP contribution < -0.4 is 5.11 Å². The molecule has 2 N–H and O–H groups in total. The van der Waals surface area contributed by atoms with E-state index in [1.165, 1.54) is 72.1 Å². The molecule has 0 saturated heterocycles. The minimum atomic E-state index is -1.43. The highest BCUT2D eigenvalue weighted by atomic mass is 16.4. The van der Waals surface area contributed by atoms with Gasteiger partial charge in [0.15, 0.2) is 12.1 Å². The quantitative estimate of drug-likeness (QED) is 0.128. The number of rotatable bonds is 22. The number of nitrogens with zero attached hydrogens (tertiary/aromatic N) is 1. The van der Waals surface area contributed by atoms with Crippen molar-refractivity contribution in [1.82, 2.24) is 0 Å². The molecule has 0 spiro atoms. The number of carboxylic acid groups (broad SMARTS) is 3. The molecular formula is C27H49NO6. The van der Waals surface area contributed by atoms with Gasteiger partial charge in [0.2, 0.25) is 0 Å². The lowest BCUT2D eigenvalue weighted by Gasteiger charge is -2.49. The molecule has 0 rings (SSSR count). The summed E-state index contributed by atoms with van der Waals surface area (Å²) in [6, 6.07) is -3.58. The zero-order valence-electron chi connectivity index (χ0n) is 22.0. The third-order valence-corrected chi connectivity index (χ3v) is 7.28. The lowest BCUT2D eigenvalue weighted by molar-refractivity contribution is -0.969. The van der Waals surface area contributed by atoms with E-state index in [0.717, 1.165) is 32.1 Å². The van der Waals surface area contributed by atoms with Crippen molar-refractivity contribution >= 4 is 17.9 Å². The van der Waals surface area contributed by atoms with E-state index in [1.54, 1.807) is 0 Å². The number of unbranched alkanes of at least 4 members (excludes halogenated alkanes) is 12. The average Bonchev–Trinajstić information content (AvgIpc) is 2.80. The zero-order chi connectivity index (χ0) is 26.0. The molecule has 7 heteroatoms. The van der Waals surface area contributed by atoms with E-state index in [4.69, 9.17) is 0 Å². The minimum absolute atomic E-state index is 0.171. The number of carboxylic acids is 3. The molecule has 0 fully saturated rings. The normalized spacial score (nSPS) is 16.1. The molecule has 0 amide bonds. The van der Waals surface area contributed by atoms with Gasteiger partial charge in [-0.05, 0) is 59.3 Å². The standard InChI is InChI=1S/C27H49NO6/c1-5-6-7-8-9-10-11-12-13-14-15-16-17-18-19-20-21-28(22(2)25(29)30,23(3)26(31)32)24(4)27(33)34/h14-15,22-24H,5-13,16-21H2,1-4H3,(H2-,29,30,31,32,33,34)/b15-14+. The van der Waals surface area contributed by atoms with Crippen LogP contribution in [0.3, 0.4) is 0 Å². The first kappa shape index (κ1) is 32.1. The van der Waals surface area contributed by atoms with Crippen molar-refractivity contribution in [3.63, 3.8) is 0 Å². The highest BCUT2D eigenvalue weighted by Gasteiger charge is 2.50. The van der Waals surface area contributed by atoms with E-state index in [9.17, 15) is 29.7 Å². The Balaban J connectivity index is 4.40. The third kappa shape index (κ3) is 11.5. The molecule has 0 radical (unpaired) electrons. The zero-order valence-corrected chi connectivity index (χ0v) is 22.0. The Labute approximate surface area is 206 Å². The van der Waals surface area contributed by atoms with Crippen LogP contribution in [0.2, 0.25) is 0 Å². The fraction of sp³-hybridized carbons (Fsp3) is 0.815. The molecule has 0 aliphatic rings. The van der Waals surface area contributed by atoms with Gasteiger partial charge in [-0.25, -0.2) is 9.59 Å². The fourth-order valence-corrected chi connectivity index (χ4v) is 4.83. The van der Waals surface area contributed by atoms with Crippen LogP contribution in [0.1, 0.15) is 118 Å². The van der Waals surface area contributed by atoms with Gasteiger partial charge in [-0.2, -0.15) is 0 Å². The average molecular weight is 484 g/mol. The van der Waals surface area contributed by atoms with Crippen molar-refractivity contribution in [1.29, 1.82) is 0 Å². The van der Waals surface area contributed by atoms with E-state index >= 15 is 0 Å². The van der Waals surface area contributed by atoms with E-state index in [0.29, 0.717) is 6.42 Å². The predicted molar refractivity (Wildman–Crippen MR) is 133 cm³/mol. The first-order valence-electron chi connectivity index (χ1n) is 13.3. The number of carbonyl (C=O) groups is 3. The second kappa shape index (κ2) is 18.4. The van der Waals surface area contributed by atoms with Gasteiger partial charge in [-0.15, -0.1) is 0 Å². The molecule has 3 atom stereocenters. The molecule has 0 aromatic rings. The van der Waals surface area contributed by atoms with Crippen molar-refractivity contribution in [3.05, 3.63) is 12.2 Å². The Morgan fingerprint density at radius 3 is 1.44 bits per heavy atom. The fourth-order valence-electron chi connectivity index (χ4n) is 4.83. The van der Waals surface area contributed by atoms with Crippen molar-refractivity contribution in [2.75, 3.05) is 6.54 Å². The van der Waals surface area contributed by atoms with Gasteiger partial charge in [-0.3, -0.25) is 4.48 Å². The van der Waals surface area contributed by atoms with Crippen molar-refractivity contribution in [2.24, 2.45) is 0 Å². The molecule has 0 aromatic heterocycles. The van der Waals surface area contributed by atoms with Crippen LogP contribution in [0, 0.1) is 0 Å². The molecule has 0 aliphatic heterocycles. The smallest absolute Gasteiger partial charge is 0.362 e. The van der Waals surface area contributed by atoms with Gasteiger partial charge in [0.05, 0.1) is 12.5 Å². The Hall–Kier alpha value is -1.89. The van der Waals surface area contributed by atoms with Gasteiger partial charge in [0.1, 0.15) is 6.04 Å². The number of hydrogen-bond acceptors (Lipinski definition) is 4. The number of carbonyl (C=O) groups excluding carboxylic acids is 1. The Morgan fingerprint density at radius 1 is 0.676 bits per heavy atom. The molecule has 34 heavy (non-hydrogen) atoms. The summed E-state index contributed by atoms with van der Waals surface area (Å²) in [5, 5.41) is 30.8. The van der Waals surface area contributed by atoms with Crippen LogP contribution in [0.15, 0.2) is 12.2 Å². The lowest BCUT2D eigenvalue weighted by atomic mass is 10.00. The Morgan fingerprint density at radius 2 is 1.06 bits per heavy atom. The summed E-state index contributed by atoms with van der Waals surface area (Å²) in [5.74, 6) is -3.84. The molecule has 3 unspecified atom stereocenters. The minimum Gasteiger partial charge on any atom is -0.544 e. The van der Waals surface area contributed by atoms with Crippen LogP contribution in [0.4, 0.5) is 0 Å². The summed E-state index contributed by atoms with van der Waals surface area (Å²) in [6.45, 7) is 6.54. The van der Waals surface area contributed by atoms with E-state index in [1.807, 2.05) is 0 Å². The van der Waals surface area contributed by atoms with Crippen LogP contribution in [-0.2, 0) is 14.4 Å². The molecular weight excluding hydrogens is 434 g/mol. The van der Waals surface area contributed by atoms with Gasteiger partial charge in [-0.1, -0.05) is 70.4 Å². The van der Waals surface area contributed by atoms with Crippen molar-refractivity contribution in [3.8, 4) is 0 Å². The first-order chi connectivity index (χ1) is 16.1. The van der Waals surface area contributed by atoms with Gasteiger partial charge < -0.3 is 20.1 Å². The maximum Gasteiger partial charge on any atom is 0.362 e. The summed E-state index contributed by atoms with van der Waals surface area (Å²) in [6.07, 6.45) is 20.5. The van der Waals surface area contributed by atoms with Crippen molar-refractivity contribution < 1.29 is 34.2 Å². The number of quaternary nitrogens is 1. The van der Waals surface area contributed by atoms with E-state index < -0.39 is 40.5 Å². The topological polar surface area (TPSA) is 115 Å². The molecule has 7 nitrogen and oxygen atoms in total. The molecule has 0 bridgehead atoms. The highest BCUT2D eigenvalue weighted by molar-refractivity contribution is 5.76. The molecule has 0 aromatic carbocycles. The second-order valence-electron chi connectivity index (χ2n) is 9.68. The maximum atomic E-state index is 11.7. The van der Waals surface area contributed by atoms with Crippen LogP contribution in [0.25, 0.3) is 0 Å². The SMILES string of the molecule is CCCCCCCCCC/C=C/CCCCCC[N+](C(C)C(=O)[O-])(C(C)C(=O)O)C(C)C(=O)O. The lowest BCUT2D eigenvalue weighted by Crippen LogP contribution is -2.72. The second-order valence-corrected chi connectivity index (χ2v) is 9.68. The Kier molecular flexibility index (Phi) is 17.4. The van der Waals surface area contributed by atoms with Crippen LogP contribution in [-0.4, -0.2) is 57.3 Å². The largest absolute Gasteiger partial charge is 0.544 e. The highest BCUT2D eigenvalue weighted by Crippen LogP contribution is 2.27. The van der Waals surface area contributed by atoms with Crippen LogP contribution >= 0.6 is 0 Å². The summed E-state index contributed by atoms with van der Waals surface area (Å²) in [5.41, 5.74) is 0. The van der Waals surface area contributed by atoms with Gasteiger partial charge in [0, 0.05) is 0 Å². The summed E-state index contributed by atoms with van der Waals surface area (Å²) in [7, 11) is 0. The van der Waals surface area contributed by atoms with E-state index in [-0.39, 0.29) is 6.54 Å². The predicted octanol–water partition coefficient (Wildman–Crippen LogP) is 4.93.